The topological polar surface area (TPSA) is 86.0 Å². The summed E-state index contributed by atoms with van der Waals surface area (Å²) in [5.41, 5.74) is 0.718. The number of carbonyl (C=O) groups excluding carboxylic acids is 1. The van der Waals surface area contributed by atoms with Crippen LogP contribution in [0.3, 0.4) is 0 Å². The number of pyridine rings is 1. The second kappa shape index (κ2) is 7.66. The molecule has 3 rings (SSSR count). The Morgan fingerprint density at radius 2 is 1.85 bits per heavy atom. The summed E-state index contributed by atoms with van der Waals surface area (Å²) in [6, 6.07) is 0. The first-order chi connectivity index (χ1) is 12.8. The summed E-state index contributed by atoms with van der Waals surface area (Å²) < 4.78 is 2.41. The summed E-state index contributed by atoms with van der Waals surface area (Å²) in [4.78, 5) is 42.1. The van der Waals surface area contributed by atoms with Gasteiger partial charge in [0.25, 0.3) is 5.56 Å². The summed E-state index contributed by atoms with van der Waals surface area (Å²) in [7, 11) is 3.03. The Labute approximate surface area is 158 Å². The fourth-order valence-electron chi connectivity index (χ4n) is 3.96. The van der Waals surface area contributed by atoms with Crippen molar-refractivity contribution in [3.8, 4) is 0 Å². The molecule has 1 aliphatic carbocycles. The van der Waals surface area contributed by atoms with E-state index in [9.17, 15) is 14.4 Å². The maximum atomic E-state index is 12.8. The van der Waals surface area contributed by atoms with Crippen molar-refractivity contribution >= 4 is 22.6 Å². The number of aromatic nitrogens is 3. The Balaban J connectivity index is 2.08. The summed E-state index contributed by atoms with van der Waals surface area (Å²) in [6.07, 6.45) is 7.88. The van der Waals surface area contributed by atoms with Gasteiger partial charge in [-0.25, -0.2) is 9.78 Å². The zero-order valence-corrected chi connectivity index (χ0v) is 16.5. The molecule has 1 aliphatic rings. The molecular weight excluding hydrogens is 344 g/mol. The molecule has 0 spiro atoms. The van der Waals surface area contributed by atoms with E-state index in [1.54, 1.807) is 13.2 Å². The lowest BCUT2D eigenvalue weighted by molar-refractivity contribution is -0.117. The normalized spacial score (nSPS) is 15.4. The predicted molar refractivity (Wildman–Crippen MR) is 106 cm³/mol. The third kappa shape index (κ3) is 3.68. The summed E-state index contributed by atoms with van der Waals surface area (Å²) >= 11 is 0. The van der Waals surface area contributed by atoms with Crippen molar-refractivity contribution in [1.29, 1.82) is 0 Å². The van der Waals surface area contributed by atoms with E-state index >= 15 is 0 Å². The molecule has 2 heterocycles. The molecule has 1 fully saturated rings. The molecule has 7 heteroatoms. The van der Waals surface area contributed by atoms with Crippen molar-refractivity contribution in [1.82, 2.24) is 14.1 Å². The van der Waals surface area contributed by atoms with E-state index < -0.39 is 11.2 Å². The largest absolute Gasteiger partial charge is 0.332 e. The summed E-state index contributed by atoms with van der Waals surface area (Å²) in [5, 5.41) is 3.28. The zero-order chi connectivity index (χ0) is 19.7. The average molecular weight is 372 g/mol. The molecule has 2 aromatic rings. The lowest BCUT2D eigenvalue weighted by Crippen LogP contribution is -2.38. The molecule has 0 saturated heterocycles. The molecule has 1 amide bonds. The smallest absolute Gasteiger partial charge is 0.325 e. The second-order valence-corrected chi connectivity index (χ2v) is 7.90. The van der Waals surface area contributed by atoms with Crippen molar-refractivity contribution in [2.45, 2.75) is 58.3 Å². The minimum absolute atomic E-state index is 0.0767. The lowest BCUT2D eigenvalue weighted by atomic mass is 9.87. The number of fused-ring (bicyclic) bond motifs is 1. The SMILES string of the molecule is CC(C)c1cnc2c(c1NC(=O)CC1CCCCC1)c(=O)n(C)c(=O)n2C. The van der Waals surface area contributed by atoms with Gasteiger partial charge in [-0.05, 0) is 30.2 Å². The Kier molecular flexibility index (Phi) is 5.48. The van der Waals surface area contributed by atoms with Crippen LogP contribution in [0.1, 0.15) is 63.9 Å². The van der Waals surface area contributed by atoms with Crippen LogP contribution in [0.2, 0.25) is 0 Å². The minimum Gasteiger partial charge on any atom is -0.325 e. The van der Waals surface area contributed by atoms with Crippen LogP contribution < -0.4 is 16.6 Å². The van der Waals surface area contributed by atoms with Crippen LogP contribution in [0.25, 0.3) is 11.0 Å². The fourth-order valence-corrected chi connectivity index (χ4v) is 3.96. The van der Waals surface area contributed by atoms with E-state index in [1.807, 2.05) is 13.8 Å². The van der Waals surface area contributed by atoms with E-state index in [2.05, 4.69) is 10.3 Å². The van der Waals surface area contributed by atoms with Crippen LogP contribution in [-0.2, 0) is 18.9 Å². The summed E-state index contributed by atoms with van der Waals surface area (Å²) in [6.45, 7) is 3.98. The molecule has 1 saturated carbocycles. The van der Waals surface area contributed by atoms with Gasteiger partial charge in [-0.2, -0.15) is 0 Å². The van der Waals surface area contributed by atoms with Crippen molar-refractivity contribution in [2.75, 3.05) is 5.32 Å². The van der Waals surface area contributed by atoms with E-state index in [4.69, 9.17) is 0 Å². The lowest BCUT2D eigenvalue weighted by Gasteiger charge is -2.22. The van der Waals surface area contributed by atoms with Gasteiger partial charge in [0.15, 0.2) is 5.65 Å². The predicted octanol–water partition coefficient (Wildman–Crippen LogP) is 2.66. The molecular formula is C20H28N4O3. The number of nitrogens with zero attached hydrogens (tertiary/aromatic N) is 3. The first kappa shape index (κ1) is 19.3. The molecule has 0 bridgehead atoms. The highest BCUT2D eigenvalue weighted by Crippen LogP contribution is 2.30. The van der Waals surface area contributed by atoms with Gasteiger partial charge in [0, 0.05) is 26.7 Å². The number of aryl methyl sites for hydroxylation is 1. The van der Waals surface area contributed by atoms with Gasteiger partial charge in [0.1, 0.15) is 5.39 Å². The number of anilines is 1. The van der Waals surface area contributed by atoms with Gasteiger partial charge < -0.3 is 5.32 Å². The molecule has 1 N–H and O–H groups in total. The minimum atomic E-state index is -0.434. The van der Waals surface area contributed by atoms with Gasteiger partial charge in [-0.15, -0.1) is 0 Å². The molecule has 0 atom stereocenters. The Hall–Kier alpha value is -2.44. The summed E-state index contributed by atoms with van der Waals surface area (Å²) in [5.74, 6) is 0.405. The standard InChI is InChI=1S/C20H28N4O3/c1-12(2)14-11-21-18-16(19(26)24(4)20(27)23(18)3)17(14)22-15(25)10-13-8-6-5-7-9-13/h11-13H,5-10H2,1-4H3,(H,21,22,25). The molecule has 0 unspecified atom stereocenters. The highest BCUT2D eigenvalue weighted by atomic mass is 16.2. The van der Waals surface area contributed by atoms with Gasteiger partial charge in [-0.1, -0.05) is 33.1 Å². The van der Waals surface area contributed by atoms with Crippen LogP contribution in [0, 0.1) is 5.92 Å². The molecule has 0 aliphatic heterocycles. The third-order valence-electron chi connectivity index (χ3n) is 5.58. The van der Waals surface area contributed by atoms with Gasteiger partial charge >= 0.3 is 5.69 Å². The van der Waals surface area contributed by atoms with Gasteiger partial charge in [0.2, 0.25) is 5.91 Å². The van der Waals surface area contributed by atoms with Crippen molar-refractivity contribution in [2.24, 2.45) is 20.0 Å². The number of amides is 1. The Morgan fingerprint density at radius 1 is 1.19 bits per heavy atom. The fraction of sp³-hybridized carbons (Fsp3) is 0.600. The van der Waals surface area contributed by atoms with Crippen LogP contribution in [0.4, 0.5) is 5.69 Å². The van der Waals surface area contributed by atoms with E-state index in [0.717, 1.165) is 23.0 Å². The van der Waals surface area contributed by atoms with Gasteiger partial charge in [0.05, 0.1) is 5.69 Å². The highest BCUT2D eigenvalue weighted by Gasteiger charge is 2.22. The first-order valence-electron chi connectivity index (χ1n) is 9.69. The van der Waals surface area contributed by atoms with Crippen LogP contribution in [-0.4, -0.2) is 20.0 Å². The highest BCUT2D eigenvalue weighted by molar-refractivity contribution is 6.01. The third-order valence-corrected chi connectivity index (χ3v) is 5.58. The van der Waals surface area contributed by atoms with Crippen molar-refractivity contribution in [3.05, 3.63) is 32.6 Å². The maximum absolute atomic E-state index is 12.8. The molecule has 27 heavy (non-hydrogen) atoms. The maximum Gasteiger partial charge on any atom is 0.332 e. The number of rotatable bonds is 4. The monoisotopic (exact) mass is 372 g/mol. The molecule has 0 aromatic carbocycles. The number of carbonyl (C=O) groups is 1. The van der Waals surface area contributed by atoms with Crippen molar-refractivity contribution < 1.29 is 4.79 Å². The first-order valence-corrected chi connectivity index (χ1v) is 9.69. The zero-order valence-electron chi connectivity index (χ0n) is 16.5. The number of hydrogen-bond acceptors (Lipinski definition) is 4. The quantitative estimate of drug-likeness (QED) is 0.894. The van der Waals surface area contributed by atoms with Gasteiger partial charge in [-0.3, -0.25) is 18.7 Å². The van der Waals surface area contributed by atoms with Crippen molar-refractivity contribution in [3.63, 3.8) is 0 Å². The number of hydrogen-bond donors (Lipinski definition) is 1. The van der Waals surface area contributed by atoms with E-state index in [1.165, 1.54) is 30.9 Å². The molecule has 7 nitrogen and oxygen atoms in total. The van der Waals surface area contributed by atoms with Crippen LogP contribution >= 0.6 is 0 Å². The van der Waals surface area contributed by atoms with Crippen LogP contribution in [0.5, 0.6) is 0 Å². The molecule has 146 valence electrons. The second-order valence-electron chi connectivity index (χ2n) is 7.90. The Bertz CT molecular complexity index is 981. The van der Waals surface area contributed by atoms with Crippen LogP contribution in [0.15, 0.2) is 15.8 Å². The van der Waals surface area contributed by atoms with E-state index in [0.29, 0.717) is 29.1 Å². The molecule has 2 aromatic heterocycles. The average Bonchev–Trinajstić information content (AvgIpc) is 2.64. The Morgan fingerprint density at radius 3 is 2.48 bits per heavy atom. The molecule has 0 radical (unpaired) electrons. The van der Waals surface area contributed by atoms with E-state index in [-0.39, 0.29) is 11.8 Å². The number of nitrogens with one attached hydrogen (secondary N) is 1.